The van der Waals surface area contributed by atoms with Gasteiger partial charge < -0.3 is 7.76 Å². The van der Waals surface area contributed by atoms with E-state index < -0.39 is 24.4 Å². The van der Waals surface area contributed by atoms with E-state index in [0.717, 1.165) is 5.82 Å². The van der Waals surface area contributed by atoms with Crippen LogP contribution in [0.25, 0.3) is 0 Å². The van der Waals surface area contributed by atoms with E-state index in [9.17, 15) is 4.79 Å². The highest BCUT2D eigenvalue weighted by atomic mass is 127. The summed E-state index contributed by atoms with van der Waals surface area (Å²) in [6, 6.07) is 0. The van der Waals surface area contributed by atoms with Gasteiger partial charge in [-0.3, -0.25) is 0 Å². The Balaban J connectivity index is 3.81. The van der Waals surface area contributed by atoms with E-state index in [1.165, 1.54) is 10.5 Å². The summed E-state index contributed by atoms with van der Waals surface area (Å²) in [7, 11) is -4.82. The Morgan fingerprint density at radius 1 is 0.952 bits per heavy atom. The van der Waals surface area contributed by atoms with Gasteiger partial charge in [0.15, 0.2) is 8.24 Å². The minimum atomic E-state index is -1.63. The molecule has 0 unspecified atom stereocenters. The number of H-pyrrole nitrogens is 1. The first-order chi connectivity index (χ1) is 9.15. The van der Waals surface area contributed by atoms with Crippen LogP contribution in [0.4, 0.5) is 5.82 Å². The van der Waals surface area contributed by atoms with Crippen LogP contribution in [0.15, 0.2) is 4.79 Å². The van der Waals surface area contributed by atoms with Gasteiger partial charge in [0.2, 0.25) is 0 Å². The maximum Gasteiger partial charge on any atom is 0.346 e. The molecule has 0 amide bonds. The molecule has 1 aromatic heterocycles. The molecule has 0 atom stereocenters. The minimum Gasteiger partial charge on any atom is -0.328 e. The number of anilines is 1. The number of aromatic nitrogens is 2. The highest BCUT2D eigenvalue weighted by molar-refractivity contribution is 14.1. The monoisotopic (exact) mass is 453 g/mol. The topological polar surface area (TPSA) is 49.0 Å². The molecule has 8 heteroatoms. The molecule has 0 aromatic carbocycles. The smallest absolute Gasteiger partial charge is 0.328 e. The Morgan fingerprint density at radius 3 is 1.76 bits per heavy atom. The van der Waals surface area contributed by atoms with Crippen molar-refractivity contribution in [1.29, 1.82) is 0 Å². The van der Waals surface area contributed by atoms with Crippen molar-refractivity contribution in [2.75, 3.05) is 2.78 Å². The Morgan fingerprint density at radius 2 is 1.43 bits per heavy atom. The van der Waals surface area contributed by atoms with E-state index in [1.54, 1.807) is 0 Å². The van der Waals surface area contributed by atoms with Crippen LogP contribution in [-0.4, -0.2) is 34.4 Å². The van der Waals surface area contributed by atoms with Crippen molar-refractivity contribution in [1.82, 2.24) is 9.97 Å². The molecule has 4 nitrogen and oxygen atoms in total. The predicted octanol–water partition coefficient (Wildman–Crippen LogP) is 2.85. The third-order valence-electron chi connectivity index (χ3n) is 3.19. The van der Waals surface area contributed by atoms with E-state index in [2.05, 4.69) is 94.5 Å². The highest BCUT2D eigenvalue weighted by Gasteiger charge is 2.36. The van der Waals surface area contributed by atoms with Crippen LogP contribution in [0.1, 0.15) is 0 Å². The molecule has 0 fully saturated rings. The molecule has 1 N–H and O–H groups in total. The molecular weight excluding hydrogens is 425 g/mol. The number of nitrogens with one attached hydrogen (secondary N) is 1. The average molecular weight is 454 g/mol. The van der Waals surface area contributed by atoms with Gasteiger partial charge in [-0.25, -0.2) is 4.79 Å². The number of hydrogen-bond acceptors (Lipinski definition) is 3. The average Bonchev–Trinajstić information content (AvgIpc) is 2.22. The van der Waals surface area contributed by atoms with Crippen molar-refractivity contribution in [3.05, 3.63) is 10.5 Å². The van der Waals surface area contributed by atoms with Crippen LogP contribution >= 0.6 is 22.9 Å². The standard InChI is InChI=1S/C13H28IN3OSi3/c1-19(2,3)10-11(17(14)21(7,8)9)15-13(18)16-12(10)20(4,5)6/h1-9H3,(H,15,16,18). The van der Waals surface area contributed by atoms with Crippen LogP contribution in [0.2, 0.25) is 58.9 Å². The first-order valence-corrected chi connectivity index (χ1v) is 18.7. The molecule has 0 saturated carbocycles. The Kier molecular flexibility index (Phi) is 5.39. The van der Waals surface area contributed by atoms with Gasteiger partial charge >= 0.3 is 5.69 Å². The molecule has 120 valence electrons. The molecule has 1 rings (SSSR count). The summed E-state index contributed by atoms with van der Waals surface area (Å²) in [4.78, 5) is 19.6. The molecule has 0 saturated heterocycles. The second-order valence-corrected chi connectivity index (χ2v) is 25.2. The molecule has 1 aromatic rings. The molecule has 0 aliphatic rings. The van der Waals surface area contributed by atoms with Crippen molar-refractivity contribution in [2.45, 2.75) is 58.9 Å². The summed E-state index contributed by atoms with van der Waals surface area (Å²) in [6.45, 7) is 20.7. The summed E-state index contributed by atoms with van der Waals surface area (Å²) in [6.07, 6.45) is 0. The molecular formula is C13H28IN3OSi3. The van der Waals surface area contributed by atoms with Crippen molar-refractivity contribution in [3.63, 3.8) is 0 Å². The Bertz CT molecular complexity index is 582. The highest BCUT2D eigenvalue weighted by Crippen LogP contribution is 2.23. The van der Waals surface area contributed by atoms with Crippen LogP contribution in [0.3, 0.4) is 0 Å². The van der Waals surface area contributed by atoms with Gasteiger partial charge in [-0.15, -0.1) is 0 Å². The van der Waals surface area contributed by atoms with E-state index >= 15 is 0 Å². The summed E-state index contributed by atoms with van der Waals surface area (Å²) < 4.78 is 2.26. The third kappa shape index (κ3) is 4.52. The SMILES string of the molecule is C[Si](C)(C)c1[nH]c(=O)nc(N(I)[Si](C)(C)C)c1[Si](C)(C)C. The van der Waals surface area contributed by atoms with Gasteiger partial charge in [0.05, 0.1) is 39.0 Å². The fraction of sp³-hybridized carbons (Fsp3) is 0.692. The van der Waals surface area contributed by atoms with Crippen molar-refractivity contribution < 1.29 is 0 Å². The zero-order valence-corrected chi connectivity index (χ0v) is 19.8. The molecule has 0 aliphatic heterocycles. The summed E-state index contributed by atoms with van der Waals surface area (Å²) >= 11 is 2.36. The first-order valence-electron chi connectivity index (χ1n) is 7.27. The van der Waals surface area contributed by atoms with Crippen LogP contribution < -0.4 is 19.0 Å². The molecule has 0 bridgehead atoms. The molecule has 21 heavy (non-hydrogen) atoms. The number of aromatic amines is 1. The normalized spacial score (nSPS) is 13.4. The first kappa shape index (κ1) is 19.1. The third-order valence-corrected chi connectivity index (χ3v) is 13.5. The van der Waals surface area contributed by atoms with E-state index in [4.69, 9.17) is 0 Å². The van der Waals surface area contributed by atoms with Crippen LogP contribution in [-0.2, 0) is 0 Å². The van der Waals surface area contributed by atoms with E-state index in [-0.39, 0.29) is 5.69 Å². The Hall–Kier alpha value is 0.0606. The second kappa shape index (κ2) is 5.93. The van der Waals surface area contributed by atoms with E-state index in [0.29, 0.717) is 0 Å². The fourth-order valence-corrected chi connectivity index (χ4v) is 8.92. The number of nitrogens with zero attached hydrogens (tertiary/aromatic N) is 2. The molecule has 0 aliphatic carbocycles. The van der Waals surface area contributed by atoms with Gasteiger partial charge in [-0.05, 0) is 5.19 Å². The lowest BCUT2D eigenvalue weighted by Gasteiger charge is -2.35. The lowest BCUT2D eigenvalue weighted by molar-refractivity contribution is 1.10. The Labute approximate surface area is 145 Å². The molecule has 0 spiro atoms. The number of rotatable bonds is 4. The second-order valence-electron chi connectivity index (χ2n) is 8.57. The van der Waals surface area contributed by atoms with Crippen molar-refractivity contribution in [3.8, 4) is 0 Å². The lowest BCUT2D eigenvalue weighted by atomic mass is 10.6. The molecule has 1 heterocycles. The largest absolute Gasteiger partial charge is 0.346 e. The van der Waals surface area contributed by atoms with Gasteiger partial charge in [0, 0.05) is 5.32 Å². The van der Waals surface area contributed by atoms with Crippen LogP contribution in [0.5, 0.6) is 0 Å². The zero-order valence-electron chi connectivity index (χ0n) is 14.7. The van der Waals surface area contributed by atoms with Gasteiger partial charge in [0.25, 0.3) is 0 Å². The van der Waals surface area contributed by atoms with Crippen molar-refractivity contribution in [2.24, 2.45) is 0 Å². The van der Waals surface area contributed by atoms with Gasteiger partial charge in [-0.1, -0.05) is 58.9 Å². The van der Waals surface area contributed by atoms with Crippen molar-refractivity contribution >= 4 is 63.6 Å². The maximum atomic E-state index is 12.1. The predicted molar refractivity (Wildman–Crippen MR) is 111 cm³/mol. The number of hydrogen-bond donors (Lipinski definition) is 1. The zero-order chi connectivity index (χ0) is 16.8. The molecule has 0 radical (unpaired) electrons. The van der Waals surface area contributed by atoms with Gasteiger partial charge in [0.1, 0.15) is 5.82 Å². The summed E-state index contributed by atoms with van der Waals surface area (Å²) in [5.74, 6) is 0.926. The number of halogens is 1. The van der Waals surface area contributed by atoms with Crippen LogP contribution in [0, 0.1) is 0 Å². The maximum absolute atomic E-state index is 12.1. The minimum absolute atomic E-state index is 0.204. The van der Waals surface area contributed by atoms with Gasteiger partial charge in [-0.2, -0.15) is 4.98 Å². The lowest BCUT2D eigenvalue weighted by Crippen LogP contribution is -2.62. The summed E-state index contributed by atoms with van der Waals surface area (Å²) in [5.41, 5.74) is -0.204. The fourth-order valence-electron chi connectivity index (χ4n) is 2.19. The summed E-state index contributed by atoms with van der Waals surface area (Å²) in [5, 5.41) is 2.54. The van der Waals surface area contributed by atoms with E-state index in [1.807, 2.05) is 0 Å². The quantitative estimate of drug-likeness (QED) is 0.433.